The van der Waals surface area contributed by atoms with Gasteiger partial charge in [-0.3, -0.25) is 9.59 Å². The predicted octanol–water partition coefficient (Wildman–Crippen LogP) is 6.52. The van der Waals surface area contributed by atoms with Gasteiger partial charge in [0, 0.05) is 31.8 Å². The molecule has 0 aliphatic heterocycles. The fourth-order valence-electron chi connectivity index (χ4n) is 3.16. The lowest BCUT2D eigenvalue weighted by Gasteiger charge is -2.22. The lowest BCUT2D eigenvalue weighted by atomic mass is 10.1. The number of hydrogen-bond donors (Lipinski definition) is 0. The van der Waals surface area contributed by atoms with Crippen molar-refractivity contribution in [3.63, 3.8) is 0 Å². The van der Waals surface area contributed by atoms with Gasteiger partial charge in [0.15, 0.2) is 0 Å². The Morgan fingerprint density at radius 1 is 0.806 bits per heavy atom. The van der Waals surface area contributed by atoms with Crippen molar-refractivity contribution in [3.8, 4) is 0 Å². The van der Waals surface area contributed by atoms with Crippen molar-refractivity contribution >= 4 is 23.0 Å². The Hall–Kier alpha value is -1.01. The molecule has 0 aromatic carbocycles. The van der Waals surface area contributed by atoms with Crippen LogP contribution in [0.4, 0.5) is 4.79 Å². The molecule has 0 aliphatic rings. The molecule has 0 radical (unpaired) electrons. The molecule has 0 heterocycles. The molecule has 0 N–H and O–H groups in total. The minimum atomic E-state index is -0.0925. The highest BCUT2D eigenvalue weighted by atomic mass is 32.2. The van der Waals surface area contributed by atoms with E-state index >= 15 is 0 Å². The van der Waals surface area contributed by atoms with Crippen LogP contribution in [0.15, 0.2) is 12.2 Å². The Morgan fingerprint density at radius 2 is 1.52 bits per heavy atom. The maximum Gasteiger partial charge on any atom is 0.306 e. The van der Waals surface area contributed by atoms with Crippen LogP contribution in [-0.4, -0.2) is 67.1 Å². The third-order valence-electron chi connectivity index (χ3n) is 5.06. The lowest BCUT2D eigenvalue weighted by molar-refractivity contribution is -0.142. The smallest absolute Gasteiger partial charge is 0.306 e. The van der Waals surface area contributed by atoms with Gasteiger partial charge in [0.25, 0.3) is 5.24 Å². The van der Waals surface area contributed by atoms with Gasteiger partial charge in [-0.25, -0.2) is 0 Å². The number of rotatable bonds is 20. The summed E-state index contributed by atoms with van der Waals surface area (Å²) in [6.07, 6.45) is 16.9. The summed E-state index contributed by atoms with van der Waals surface area (Å²) >= 11 is 1.43. The van der Waals surface area contributed by atoms with Gasteiger partial charge in [0.05, 0.1) is 0 Å². The van der Waals surface area contributed by atoms with E-state index < -0.39 is 0 Å². The van der Waals surface area contributed by atoms with E-state index in [9.17, 15) is 9.59 Å². The van der Waals surface area contributed by atoms with E-state index in [0.717, 1.165) is 70.3 Å². The summed E-state index contributed by atoms with van der Waals surface area (Å²) in [7, 11) is 4.06. The average Bonchev–Trinajstić information content (AvgIpc) is 2.73. The minimum Gasteiger partial charge on any atom is -0.461 e. The summed E-state index contributed by atoms with van der Waals surface area (Å²) in [4.78, 5) is 28.2. The summed E-state index contributed by atoms with van der Waals surface area (Å²) in [5.41, 5.74) is 0. The largest absolute Gasteiger partial charge is 0.461 e. The molecule has 0 aliphatic carbocycles. The summed E-state index contributed by atoms with van der Waals surface area (Å²) in [6.45, 7) is 7.34. The van der Waals surface area contributed by atoms with Gasteiger partial charge >= 0.3 is 5.97 Å². The van der Waals surface area contributed by atoms with Gasteiger partial charge in [-0.15, -0.1) is 0 Å². The fraction of sp³-hybridized carbons (Fsp3) is 0.840. The molecule has 0 rings (SSSR count). The van der Waals surface area contributed by atoms with Gasteiger partial charge in [0.2, 0.25) is 0 Å². The van der Waals surface area contributed by atoms with Crippen molar-refractivity contribution in [2.45, 2.75) is 90.9 Å². The van der Waals surface area contributed by atoms with Gasteiger partial charge in [-0.05, 0) is 46.2 Å². The molecule has 1 amide bonds. The zero-order chi connectivity index (χ0) is 23.2. The Kier molecular flexibility index (Phi) is 21.5. The van der Waals surface area contributed by atoms with Crippen LogP contribution in [0.5, 0.6) is 0 Å². The molecular weight excluding hydrogens is 408 g/mol. The lowest BCUT2D eigenvalue weighted by Crippen LogP contribution is -2.30. The SMILES string of the molecule is CCCCCC/C=C\COC(=O)CCCCCCCN(CCC)C(=O)SCCN(C)C. The van der Waals surface area contributed by atoms with E-state index in [0.29, 0.717) is 13.0 Å². The van der Waals surface area contributed by atoms with Gasteiger partial charge < -0.3 is 14.5 Å². The average molecular weight is 457 g/mol. The van der Waals surface area contributed by atoms with Crippen LogP contribution >= 0.6 is 11.8 Å². The van der Waals surface area contributed by atoms with Gasteiger partial charge in [-0.2, -0.15) is 0 Å². The van der Waals surface area contributed by atoms with Crippen molar-refractivity contribution in [3.05, 3.63) is 12.2 Å². The van der Waals surface area contributed by atoms with E-state index in [1.165, 1.54) is 37.4 Å². The molecule has 0 spiro atoms. The van der Waals surface area contributed by atoms with Crippen LogP contribution < -0.4 is 0 Å². The highest BCUT2D eigenvalue weighted by Crippen LogP contribution is 2.13. The Labute approximate surface area is 196 Å². The third-order valence-corrected chi connectivity index (χ3v) is 5.95. The van der Waals surface area contributed by atoms with Crippen molar-refractivity contribution < 1.29 is 14.3 Å². The number of esters is 1. The maximum atomic E-state index is 12.4. The molecule has 0 saturated heterocycles. The molecular formula is C25H48N2O3S. The van der Waals surface area contributed by atoms with Crippen LogP contribution in [0.2, 0.25) is 0 Å². The quantitative estimate of drug-likeness (QED) is 0.118. The molecule has 0 unspecified atom stereocenters. The summed E-state index contributed by atoms with van der Waals surface area (Å²) in [5.74, 6) is 0.752. The van der Waals surface area contributed by atoms with Crippen LogP contribution in [0.25, 0.3) is 0 Å². The van der Waals surface area contributed by atoms with Gasteiger partial charge in [-0.1, -0.05) is 76.3 Å². The first-order chi connectivity index (χ1) is 15.0. The van der Waals surface area contributed by atoms with Crippen LogP contribution in [0, 0.1) is 0 Å². The zero-order valence-corrected chi connectivity index (χ0v) is 21.5. The number of allylic oxidation sites excluding steroid dienone is 1. The number of ether oxygens (including phenoxy) is 1. The van der Waals surface area contributed by atoms with Crippen molar-refractivity contribution in [2.24, 2.45) is 0 Å². The Balaban J connectivity index is 3.68. The number of thioether (sulfide) groups is 1. The second-order valence-corrected chi connectivity index (χ2v) is 9.47. The molecule has 0 aromatic rings. The Bertz CT molecular complexity index is 470. The monoisotopic (exact) mass is 456 g/mol. The van der Waals surface area contributed by atoms with E-state index in [2.05, 4.69) is 24.8 Å². The minimum absolute atomic E-state index is 0.0925. The summed E-state index contributed by atoms with van der Waals surface area (Å²) in [6, 6.07) is 0. The van der Waals surface area contributed by atoms with Crippen molar-refractivity contribution in [2.75, 3.05) is 46.1 Å². The normalized spacial score (nSPS) is 11.4. The second kappa shape index (κ2) is 22.2. The summed E-state index contributed by atoms with van der Waals surface area (Å²) in [5, 5.41) is 0.210. The number of carbonyl (C=O) groups excluding carboxylic acids is 2. The number of carbonyl (C=O) groups is 2. The molecule has 5 nitrogen and oxygen atoms in total. The molecule has 0 bridgehead atoms. The fourth-order valence-corrected chi connectivity index (χ4v) is 4.16. The van der Waals surface area contributed by atoms with Crippen LogP contribution in [-0.2, 0) is 9.53 Å². The summed E-state index contributed by atoms with van der Waals surface area (Å²) < 4.78 is 5.25. The van der Waals surface area contributed by atoms with E-state index in [4.69, 9.17) is 4.74 Å². The molecule has 0 aromatic heterocycles. The first-order valence-corrected chi connectivity index (χ1v) is 13.4. The molecule has 0 saturated carbocycles. The predicted molar refractivity (Wildman–Crippen MR) is 135 cm³/mol. The molecule has 0 fully saturated rings. The van der Waals surface area contributed by atoms with E-state index in [1.807, 2.05) is 25.1 Å². The molecule has 6 heteroatoms. The molecule has 31 heavy (non-hydrogen) atoms. The first kappa shape index (κ1) is 30.0. The van der Waals surface area contributed by atoms with Crippen LogP contribution in [0.3, 0.4) is 0 Å². The van der Waals surface area contributed by atoms with Crippen molar-refractivity contribution in [1.82, 2.24) is 9.80 Å². The Morgan fingerprint density at radius 3 is 2.23 bits per heavy atom. The first-order valence-electron chi connectivity index (χ1n) is 12.4. The number of nitrogens with zero attached hydrogens (tertiary/aromatic N) is 2. The third kappa shape index (κ3) is 20.6. The highest BCUT2D eigenvalue weighted by Gasteiger charge is 2.12. The van der Waals surface area contributed by atoms with Crippen LogP contribution in [0.1, 0.15) is 90.9 Å². The number of unbranched alkanes of at least 4 members (excludes halogenated alkanes) is 8. The molecule has 182 valence electrons. The number of hydrogen-bond acceptors (Lipinski definition) is 5. The molecule has 0 atom stereocenters. The zero-order valence-electron chi connectivity index (χ0n) is 20.7. The maximum absolute atomic E-state index is 12.4. The second-order valence-electron chi connectivity index (χ2n) is 8.43. The number of amides is 1. The standard InChI is InChI=1S/C25H48N2O3S/c1-5-7-8-9-10-14-17-22-30-24(28)18-15-12-11-13-16-20-27(19-6-2)25(29)31-23-21-26(3)4/h14,17H,5-13,15-16,18-23H2,1-4H3/b17-14-. The highest BCUT2D eigenvalue weighted by molar-refractivity contribution is 8.13. The van der Waals surface area contributed by atoms with Crippen molar-refractivity contribution in [1.29, 1.82) is 0 Å². The van der Waals surface area contributed by atoms with E-state index in [1.54, 1.807) is 0 Å². The topological polar surface area (TPSA) is 49.9 Å². The van der Waals surface area contributed by atoms with Gasteiger partial charge in [0.1, 0.15) is 6.61 Å². The van der Waals surface area contributed by atoms with E-state index in [-0.39, 0.29) is 11.2 Å².